The third-order valence-corrected chi connectivity index (χ3v) is 2.66. The maximum Gasteiger partial charge on any atom is 0.338 e. The number of Topliss-reactive ketones (excluding diaryl/α,β-unsaturated/α-hetero) is 1. The zero-order valence-electron chi connectivity index (χ0n) is 10.9. The molecule has 1 aromatic heterocycles. The molecule has 20 heavy (non-hydrogen) atoms. The Hall–Kier alpha value is -2.69. The van der Waals surface area contributed by atoms with E-state index in [-0.39, 0.29) is 12.4 Å². The molecule has 0 unspecified atom stereocenters. The molecule has 1 heterocycles. The van der Waals surface area contributed by atoms with E-state index in [4.69, 9.17) is 9.47 Å². The summed E-state index contributed by atoms with van der Waals surface area (Å²) in [4.78, 5) is 27.3. The van der Waals surface area contributed by atoms with Crippen molar-refractivity contribution in [1.82, 2.24) is 4.98 Å². The highest BCUT2D eigenvalue weighted by Crippen LogP contribution is 2.12. The Balaban J connectivity index is 1.93. The van der Waals surface area contributed by atoms with Gasteiger partial charge in [-0.05, 0) is 36.4 Å². The molecule has 0 N–H and O–H groups in total. The lowest BCUT2D eigenvalue weighted by molar-refractivity contribution is 0.0474. The summed E-state index contributed by atoms with van der Waals surface area (Å²) >= 11 is 0. The summed E-state index contributed by atoms with van der Waals surface area (Å²) in [5, 5.41) is 0. The number of rotatable bonds is 5. The summed E-state index contributed by atoms with van der Waals surface area (Å²) in [6.07, 6.45) is 2.98. The third kappa shape index (κ3) is 3.41. The topological polar surface area (TPSA) is 65.5 Å². The number of carbonyl (C=O) groups excluding carboxylic acids is 2. The van der Waals surface area contributed by atoms with E-state index >= 15 is 0 Å². The van der Waals surface area contributed by atoms with Crippen molar-refractivity contribution >= 4 is 11.8 Å². The Morgan fingerprint density at radius 3 is 2.25 bits per heavy atom. The second-order valence-electron chi connectivity index (χ2n) is 3.96. The molecule has 0 radical (unpaired) electrons. The second kappa shape index (κ2) is 6.47. The van der Waals surface area contributed by atoms with Crippen molar-refractivity contribution in [2.45, 2.75) is 0 Å². The number of carbonyl (C=O) groups is 2. The predicted octanol–water partition coefficient (Wildman–Crippen LogP) is 2.13. The Bertz CT molecular complexity index is 593. The van der Waals surface area contributed by atoms with Crippen molar-refractivity contribution in [3.8, 4) is 5.75 Å². The zero-order valence-corrected chi connectivity index (χ0v) is 10.9. The second-order valence-corrected chi connectivity index (χ2v) is 3.96. The number of methoxy groups -OCH3 is 1. The van der Waals surface area contributed by atoms with Gasteiger partial charge in [-0.25, -0.2) is 4.79 Å². The summed E-state index contributed by atoms with van der Waals surface area (Å²) in [5.41, 5.74) is 0.829. The maximum atomic E-state index is 11.8. The molecule has 0 spiro atoms. The van der Waals surface area contributed by atoms with Gasteiger partial charge >= 0.3 is 5.97 Å². The van der Waals surface area contributed by atoms with Crippen LogP contribution in [0.5, 0.6) is 5.75 Å². The summed E-state index contributed by atoms with van der Waals surface area (Å²) in [7, 11) is 1.55. The fourth-order valence-corrected chi connectivity index (χ4v) is 1.56. The molecule has 0 saturated heterocycles. The SMILES string of the molecule is COc1ccc(C(=O)COC(=O)c2ccncc2)cc1. The number of hydrogen-bond acceptors (Lipinski definition) is 5. The van der Waals surface area contributed by atoms with Gasteiger partial charge in [0.05, 0.1) is 12.7 Å². The molecule has 0 amide bonds. The van der Waals surface area contributed by atoms with Gasteiger partial charge in [-0.1, -0.05) is 0 Å². The Morgan fingerprint density at radius 1 is 1.00 bits per heavy atom. The number of nitrogens with zero attached hydrogens (tertiary/aromatic N) is 1. The smallest absolute Gasteiger partial charge is 0.338 e. The van der Waals surface area contributed by atoms with Crippen LogP contribution in [0.25, 0.3) is 0 Å². The van der Waals surface area contributed by atoms with Crippen LogP contribution in [0.15, 0.2) is 48.8 Å². The lowest BCUT2D eigenvalue weighted by Gasteiger charge is -2.05. The number of hydrogen-bond donors (Lipinski definition) is 0. The van der Waals surface area contributed by atoms with Gasteiger partial charge in [0, 0.05) is 18.0 Å². The van der Waals surface area contributed by atoms with Crippen LogP contribution in [0, 0.1) is 0 Å². The first-order chi connectivity index (χ1) is 9.70. The number of ketones is 1. The Morgan fingerprint density at radius 2 is 1.65 bits per heavy atom. The van der Waals surface area contributed by atoms with Crippen molar-refractivity contribution in [2.24, 2.45) is 0 Å². The number of aromatic nitrogens is 1. The van der Waals surface area contributed by atoms with Gasteiger partial charge in [0.1, 0.15) is 5.75 Å². The molecule has 5 nitrogen and oxygen atoms in total. The minimum atomic E-state index is -0.547. The third-order valence-electron chi connectivity index (χ3n) is 2.66. The van der Waals surface area contributed by atoms with Crippen LogP contribution < -0.4 is 4.74 Å². The highest BCUT2D eigenvalue weighted by atomic mass is 16.5. The van der Waals surface area contributed by atoms with E-state index in [1.165, 1.54) is 24.5 Å². The van der Waals surface area contributed by atoms with E-state index in [9.17, 15) is 9.59 Å². The Labute approximate surface area is 116 Å². The van der Waals surface area contributed by atoms with E-state index < -0.39 is 5.97 Å². The standard InChI is InChI=1S/C15H13NO4/c1-19-13-4-2-11(3-5-13)14(17)10-20-15(18)12-6-8-16-9-7-12/h2-9H,10H2,1H3. The lowest BCUT2D eigenvalue weighted by atomic mass is 10.1. The minimum absolute atomic E-state index is 0.268. The fourth-order valence-electron chi connectivity index (χ4n) is 1.56. The highest BCUT2D eigenvalue weighted by molar-refractivity contribution is 5.99. The molecule has 2 rings (SSSR count). The fraction of sp³-hybridized carbons (Fsp3) is 0.133. The average Bonchev–Trinajstić information content (AvgIpc) is 2.53. The zero-order chi connectivity index (χ0) is 14.4. The summed E-state index contributed by atoms with van der Waals surface area (Å²) < 4.78 is 9.96. The highest BCUT2D eigenvalue weighted by Gasteiger charge is 2.11. The molecule has 0 aliphatic carbocycles. The van der Waals surface area contributed by atoms with Crippen molar-refractivity contribution in [3.05, 3.63) is 59.9 Å². The van der Waals surface area contributed by atoms with Crippen molar-refractivity contribution in [3.63, 3.8) is 0 Å². The molecule has 0 aliphatic heterocycles. The van der Waals surface area contributed by atoms with Gasteiger partial charge in [-0.2, -0.15) is 0 Å². The van der Waals surface area contributed by atoms with Gasteiger partial charge < -0.3 is 9.47 Å². The molecule has 1 aromatic carbocycles. The van der Waals surface area contributed by atoms with Crippen LogP contribution in [0.4, 0.5) is 0 Å². The molecular weight excluding hydrogens is 258 g/mol. The Kier molecular flexibility index (Phi) is 4.44. The van der Waals surface area contributed by atoms with Gasteiger partial charge in [0.25, 0.3) is 0 Å². The monoisotopic (exact) mass is 271 g/mol. The summed E-state index contributed by atoms with van der Waals surface area (Å²) in [5.74, 6) is -0.153. The number of esters is 1. The minimum Gasteiger partial charge on any atom is -0.497 e. The van der Waals surface area contributed by atoms with Crippen LogP contribution in [0.1, 0.15) is 20.7 Å². The number of ether oxygens (including phenoxy) is 2. The maximum absolute atomic E-state index is 11.8. The van der Waals surface area contributed by atoms with E-state index in [0.29, 0.717) is 16.9 Å². The van der Waals surface area contributed by atoms with Crippen LogP contribution in [-0.4, -0.2) is 30.5 Å². The van der Waals surface area contributed by atoms with Crippen molar-refractivity contribution in [2.75, 3.05) is 13.7 Å². The first-order valence-electron chi connectivity index (χ1n) is 5.95. The number of pyridine rings is 1. The van der Waals surface area contributed by atoms with Gasteiger partial charge in [-0.3, -0.25) is 9.78 Å². The van der Waals surface area contributed by atoms with E-state index in [1.54, 1.807) is 31.4 Å². The summed E-state index contributed by atoms with van der Waals surface area (Å²) in [6.45, 7) is -0.298. The molecular formula is C15H13NO4. The summed E-state index contributed by atoms with van der Waals surface area (Å²) in [6, 6.07) is 9.67. The predicted molar refractivity (Wildman–Crippen MR) is 71.8 cm³/mol. The molecule has 0 atom stereocenters. The van der Waals surface area contributed by atoms with E-state index in [2.05, 4.69) is 4.98 Å². The molecule has 102 valence electrons. The molecule has 2 aromatic rings. The molecule has 0 saturated carbocycles. The quantitative estimate of drug-likeness (QED) is 0.615. The first kappa shape index (κ1) is 13.7. The average molecular weight is 271 g/mol. The van der Waals surface area contributed by atoms with E-state index in [1.807, 2.05) is 0 Å². The van der Waals surface area contributed by atoms with Gasteiger partial charge in [0.2, 0.25) is 0 Å². The van der Waals surface area contributed by atoms with Crippen LogP contribution in [0.3, 0.4) is 0 Å². The molecule has 5 heteroatoms. The molecule has 0 fully saturated rings. The van der Waals surface area contributed by atoms with Crippen molar-refractivity contribution < 1.29 is 19.1 Å². The molecule has 0 aliphatic rings. The normalized spacial score (nSPS) is 9.85. The van der Waals surface area contributed by atoms with Gasteiger partial charge in [-0.15, -0.1) is 0 Å². The molecule has 0 bridgehead atoms. The van der Waals surface area contributed by atoms with Crippen LogP contribution >= 0.6 is 0 Å². The van der Waals surface area contributed by atoms with Gasteiger partial charge in [0.15, 0.2) is 12.4 Å². The number of benzene rings is 1. The lowest BCUT2D eigenvalue weighted by Crippen LogP contribution is -2.14. The van der Waals surface area contributed by atoms with E-state index in [0.717, 1.165) is 0 Å². The van der Waals surface area contributed by atoms with Crippen LogP contribution in [0.2, 0.25) is 0 Å². The largest absolute Gasteiger partial charge is 0.497 e. The van der Waals surface area contributed by atoms with Crippen LogP contribution in [-0.2, 0) is 4.74 Å². The first-order valence-corrected chi connectivity index (χ1v) is 5.95. The van der Waals surface area contributed by atoms with Crippen molar-refractivity contribution in [1.29, 1.82) is 0 Å².